The van der Waals surface area contributed by atoms with Crippen molar-refractivity contribution in [3.63, 3.8) is 0 Å². The van der Waals surface area contributed by atoms with E-state index < -0.39 is 35.1 Å². The number of halogens is 3. The predicted octanol–water partition coefficient (Wildman–Crippen LogP) is 2.30. The Labute approximate surface area is 116 Å². The molecule has 0 saturated heterocycles. The van der Waals surface area contributed by atoms with Crippen LogP contribution in [0.3, 0.4) is 0 Å². The third-order valence-electron chi connectivity index (χ3n) is 2.38. The lowest BCUT2D eigenvalue weighted by atomic mass is 10.1. The van der Waals surface area contributed by atoms with Crippen LogP contribution in [0.15, 0.2) is 6.20 Å². The lowest BCUT2D eigenvalue weighted by molar-refractivity contribution is -0.389. The van der Waals surface area contributed by atoms with Gasteiger partial charge in [-0.15, -0.1) is 13.2 Å². The number of hydrogen-bond donors (Lipinski definition) is 0. The van der Waals surface area contributed by atoms with Gasteiger partial charge in [-0.2, -0.15) is 0 Å². The molecule has 0 N–H and O–H groups in total. The summed E-state index contributed by atoms with van der Waals surface area (Å²) in [7, 11) is 0. The van der Waals surface area contributed by atoms with Crippen LogP contribution in [-0.4, -0.2) is 28.8 Å². The van der Waals surface area contributed by atoms with Crippen molar-refractivity contribution in [3.8, 4) is 5.75 Å². The highest BCUT2D eigenvalue weighted by atomic mass is 19.4. The molecule has 7 nitrogen and oxygen atoms in total. The maximum absolute atomic E-state index is 12.3. The second kappa shape index (κ2) is 6.37. The Balaban J connectivity index is 3.23. The number of esters is 1. The summed E-state index contributed by atoms with van der Waals surface area (Å²) in [4.78, 5) is 24.6. The van der Waals surface area contributed by atoms with Gasteiger partial charge >= 0.3 is 18.0 Å². The van der Waals surface area contributed by atoms with Gasteiger partial charge in [0.05, 0.1) is 23.6 Å². The average Bonchev–Trinajstić information content (AvgIpc) is 2.32. The van der Waals surface area contributed by atoms with Gasteiger partial charge in [-0.1, -0.05) is 0 Å². The smallest absolute Gasteiger partial charge is 0.466 e. The van der Waals surface area contributed by atoms with Crippen LogP contribution in [-0.2, 0) is 16.0 Å². The van der Waals surface area contributed by atoms with Gasteiger partial charge in [-0.3, -0.25) is 19.9 Å². The van der Waals surface area contributed by atoms with Crippen LogP contribution in [0.4, 0.5) is 18.9 Å². The topological polar surface area (TPSA) is 91.6 Å². The van der Waals surface area contributed by atoms with Gasteiger partial charge in [0.1, 0.15) is 6.20 Å². The molecule has 0 bridgehead atoms. The Morgan fingerprint density at radius 1 is 1.48 bits per heavy atom. The van der Waals surface area contributed by atoms with E-state index in [1.54, 1.807) is 6.92 Å². The quantitative estimate of drug-likeness (QED) is 0.471. The van der Waals surface area contributed by atoms with Crippen molar-refractivity contribution in [2.75, 3.05) is 6.61 Å². The highest BCUT2D eigenvalue weighted by Crippen LogP contribution is 2.35. The van der Waals surface area contributed by atoms with Crippen LogP contribution in [0, 0.1) is 17.0 Å². The van der Waals surface area contributed by atoms with Gasteiger partial charge in [0.15, 0.2) is 0 Å². The highest BCUT2D eigenvalue weighted by Gasteiger charge is 2.36. The zero-order valence-corrected chi connectivity index (χ0v) is 11.1. The monoisotopic (exact) mass is 308 g/mol. The summed E-state index contributed by atoms with van der Waals surface area (Å²) in [5.74, 6) is -1.69. The minimum absolute atomic E-state index is 0.0849. The predicted molar refractivity (Wildman–Crippen MR) is 62.6 cm³/mol. The first-order valence-electron chi connectivity index (χ1n) is 5.70. The number of rotatable bonds is 5. The maximum Gasteiger partial charge on any atom is 0.573 e. The maximum atomic E-state index is 12.3. The van der Waals surface area contributed by atoms with Gasteiger partial charge < -0.3 is 9.47 Å². The molecule has 0 radical (unpaired) electrons. The van der Waals surface area contributed by atoms with Crippen molar-refractivity contribution in [3.05, 3.63) is 27.6 Å². The second-order valence-electron chi connectivity index (χ2n) is 3.83. The number of ether oxygens (including phenoxy) is 2. The molecule has 1 heterocycles. The van der Waals surface area contributed by atoms with Crippen molar-refractivity contribution >= 4 is 11.7 Å². The van der Waals surface area contributed by atoms with E-state index in [1.807, 2.05) is 0 Å². The highest BCUT2D eigenvalue weighted by molar-refractivity contribution is 5.73. The fraction of sp³-hybridized carbons (Fsp3) is 0.455. The summed E-state index contributed by atoms with van der Waals surface area (Å²) >= 11 is 0. The Morgan fingerprint density at radius 2 is 2.10 bits per heavy atom. The van der Waals surface area contributed by atoms with E-state index in [0.717, 1.165) is 6.92 Å². The van der Waals surface area contributed by atoms with E-state index in [1.165, 1.54) is 0 Å². The summed E-state index contributed by atoms with van der Waals surface area (Å²) in [6.45, 7) is 2.80. The van der Waals surface area contributed by atoms with E-state index in [0.29, 0.717) is 6.20 Å². The fourth-order valence-electron chi connectivity index (χ4n) is 1.52. The van der Waals surface area contributed by atoms with Crippen molar-refractivity contribution in [1.82, 2.24) is 4.98 Å². The molecule has 116 valence electrons. The van der Waals surface area contributed by atoms with Crippen molar-refractivity contribution in [1.29, 1.82) is 0 Å². The normalized spacial score (nSPS) is 11.1. The Morgan fingerprint density at radius 3 is 2.57 bits per heavy atom. The molecule has 0 aliphatic carbocycles. The summed E-state index contributed by atoms with van der Waals surface area (Å²) in [6.07, 6.45) is -4.90. The summed E-state index contributed by atoms with van der Waals surface area (Å²) in [6, 6.07) is 0. The molecular weight excluding hydrogens is 297 g/mol. The average molecular weight is 308 g/mol. The third kappa shape index (κ3) is 4.58. The molecule has 1 rings (SSSR count). The van der Waals surface area contributed by atoms with Crippen molar-refractivity contribution in [2.45, 2.75) is 26.6 Å². The Hall–Kier alpha value is -2.39. The number of nitrogens with zero attached hydrogens (tertiary/aromatic N) is 2. The SMILES string of the molecule is CCOC(=O)Cc1ncc([N+](=O)[O-])c(OC(F)(F)F)c1C. The number of alkyl halides is 3. The van der Waals surface area contributed by atoms with Gasteiger partial charge in [-0.05, 0) is 13.8 Å². The molecule has 0 fully saturated rings. The lowest BCUT2D eigenvalue weighted by Crippen LogP contribution is -2.20. The van der Waals surface area contributed by atoms with E-state index in [4.69, 9.17) is 0 Å². The molecule has 0 atom stereocenters. The molecule has 21 heavy (non-hydrogen) atoms. The minimum Gasteiger partial charge on any atom is -0.466 e. The van der Waals surface area contributed by atoms with Crippen LogP contribution >= 0.6 is 0 Å². The number of hydrogen-bond acceptors (Lipinski definition) is 6. The van der Waals surface area contributed by atoms with Gasteiger partial charge in [0.25, 0.3) is 0 Å². The number of nitro groups is 1. The molecule has 0 amide bonds. The lowest BCUT2D eigenvalue weighted by Gasteiger charge is -2.13. The van der Waals surface area contributed by atoms with E-state index >= 15 is 0 Å². The van der Waals surface area contributed by atoms with Gasteiger partial charge in [0.2, 0.25) is 5.75 Å². The second-order valence-corrected chi connectivity index (χ2v) is 3.83. The van der Waals surface area contributed by atoms with Crippen LogP contribution in [0.2, 0.25) is 0 Å². The summed E-state index contributed by atoms with van der Waals surface area (Å²) in [5.41, 5.74) is -1.26. The van der Waals surface area contributed by atoms with Gasteiger partial charge in [-0.25, -0.2) is 0 Å². The van der Waals surface area contributed by atoms with Crippen LogP contribution in [0.1, 0.15) is 18.2 Å². The molecule has 0 aliphatic rings. The number of aromatic nitrogens is 1. The molecule has 0 unspecified atom stereocenters. The van der Waals surface area contributed by atoms with E-state index in [2.05, 4.69) is 14.5 Å². The Kier molecular flexibility index (Phi) is 5.06. The number of carbonyl (C=O) groups is 1. The van der Waals surface area contributed by atoms with E-state index in [-0.39, 0.29) is 17.9 Å². The van der Waals surface area contributed by atoms with Crippen LogP contribution in [0.25, 0.3) is 0 Å². The zero-order chi connectivity index (χ0) is 16.2. The Bertz CT molecular complexity index is 560. The number of carbonyl (C=O) groups excluding carboxylic acids is 1. The molecule has 0 aromatic carbocycles. The molecular formula is C11H11F3N2O5. The van der Waals surface area contributed by atoms with Crippen LogP contribution in [0.5, 0.6) is 5.75 Å². The molecule has 0 aliphatic heterocycles. The fourth-order valence-corrected chi connectivity index (χ4v) is 1.52. The molecule has 0 saturated carbocycles. The summed E-state index contributed by atoms with van der Waals surface area (Å²) in [5, 5.41) is 10.7. The molecule has 1 aromatic rings. The van der Waals surface area contributed by atoms with E-state index in [9.17, 15) is 28.1 Å². The minimum atomic E-state index is -5.10. The standard InChI is InChI=1S/C11H11F3N2O5/c1-3-20-9(17)4-7-6(2)10(21-11(12,13)14)8(5-15-7)16(18)19/h5H,3-4H2,1-2H3. The van der Waals surface area contributed by atoms with Crippen molar-refractivity contribution < 1.29 is 32.4 Å². The first kappa shape index (κ1) is 16.7. The summed E-state index contributed by atoms with van der Waals surface area (Å²) < 4.78 is 45.3. The van der Waals surface area contributed by atoms with Gasteiger partial charge in [0, 0.05) is 5.56 Å². The first-order chi connectivity index (χ1) is 9.65. The first-order valence-corrected chi connectivity index (χ1v) is 5.70. The molecule has 1 aromatic heterocycles. The van der Waals surface area contributed by atoms with Crippen LogP contribution < -0.4 is 4.74 Å². The largest absolute Gasteiger partial charge is 0.573 e. The third-order valence-corrected chi connectivity index (χ3v) is 2.38. The number of pyridine rings is 1. The van der Waals surface area contributed by atoms with Crippen molar-refractivity contribution in [2.24, 2.45) is 0 Å². The molecule has 10 heteroatoms. The molecule has 0 spiro atoms. The zero-order valence-electron chi connectivity index (χ0n) is 11.1.